The van der Waals surface area contributed by atoms with E-state index in [4.69, 9.17) is 15.2 Å². The van der Waals surface area contributed by atoms with Gasteiger partial charge < -0.3 is 15.2 Å². The van der Waals surface area contributed by atoms with Crippen LogP contribution in [0.1, 0.15) is 56.4 Å². The highest BCUT2D eigenvalue weighted by molar-refractivity contribution is 5.37. The smallest absolute Gasteiger partial charge is 0.122 e. The number of hydrogen-bond acceptors (Lipinski definition) is 3. The minimum absolute atomic E-state index is 0.106. The summed E-state index contributed by atoms with van der Waals surface area (Å²) in [4.78, 5) is 0. The Balaban J connectivity index is 1.74. The fraction of sp³-hybridized carbons (Fsp3) is 0.667. The molecule has 2 atom stereocenters. The van der Waals surface area contributed by atoms with Gasteiger partial charge in [0, 0.05) is 13.2 Å². The second-order valence-corrected chi connectivity index (χ2v) is 6.54. The first-order valence-electron chi connectivity index (χ1n) is 8.28. The molecule has 0 amide bonds. The first kappa shape index (κ1) is 14.9. The van der Waals surface area contributed by atoms with Gasteiger partial charge in [0.15, 0.2) is 0 Å². The molecule has 0 bridgehead atoms. The largest absolute Gasteiger partial charge is 0.493 e. The van der Waals surface area contributed by atoms with E-state index in [0.717, 1.165) is 38.0 Å². The van der Waals surface area contributed by atoms with E-state index in [9.17, 15) is 0 Å². The molecule has 0 aromatic heterocycles. The monoisotopic (exact) mass is 289 g/mol. The molecular weight excluding hydrogens is 262 g/mol. The second-order valence-electron chi connectivity index (χ2n) is 6.54. The van der Waals surface area contributed by atoms with Crippen LogP contribution in [0.3, 0.4) is 0 Å². The van der Waals surface area contributed by atoms with Crippen molar-refractivity contribution in [3.05, 3.63) is 29.8 Å². The van der Waals surface area contributed by atoms with Crippen LogP contribution in [0, 0.1) is 0 Å². The van der Waals surface area contributed by atoms with Crippen LogP contribution in [0.5, 0.6) is 5.75 Å². The molecule has 1 aliphatic carbocycles. The van der Waals surface area contributed by atoms with Crippen LogP contribution in [0.25, 0.3) is 0 Å². The van der Waals surface area contributed by atoms with E-state index in [2.05, 4.69) is 18.2 Å². The van der Waals surface area contributed by atoms with E-state index in [-0.39, 0.29) is 11.6 Å². The third-order valence-electron chi connectivity index (χ3n) is 5.40. The molecule has 2 N–H and O–H groups in total. The number of nitrogens with two attached hydrogens (primary N) is 1. The van der Waals surface area contributed by atoms with Crippen molar-refractivity contribution in [2.75, 3.05) is 13.7 Å². The minimum Gasteiger partial charge on any atom is -0.493 e. The van der Waals surface area contributed by atoms with Gasteiger partial charge in [-0.25, -0.2) is 0 Å². The Bertz CT molecular complexity index is 468. The Morgan fingerprint density at radius 2 is 2.05 bits per heavy atom. The van der Waals surface area contributed by atoms with E-state index < -0.39 is 0 Å². The molecule has 1 heterocycles. The molecule has 21 heavy (non-hydrogen) atoms. The van der Waals surface area contributed by atoms with Crippen LogP contribution in [0.4, 0.5) is 0 Å². The minimum atomic E-state index is -0.106. The maximum Gasteiger partial charge on any atom is 0.122 e. The number of hydrogen-bond donors (Lipinski definition) is 1. The van der Waals surface area contributed by atoms with Gasteiger partial charge in [0.25, 0.3) is 0 Å². The van der Waals surface area contributed by atoms with Gasteiger partial charge in [-0.3, -0.25) is 0 Å². The average molecular weight is 289 g/mol. The lowest BCUT2D eigenvalue weighted by atomic mass is 9.75. The molecule has 0 radical (unpaired) electrons. The van der Waals surface area contributed by atoms with Gasteiger partial charge in [0.1, 0.15) is 5.75 Å². The average Bonchev–Trinajstić information content (AvgIpc) is 2.56. The summed E-state index contributed by atoms with van der Waals surface area (Å²) in [5.41, 5.74) is 7.83. The zero-order valence-corrected chi connectivity index (χ0v) is 13.0. The molecule has 2 aliphatic rings. The number of rotatable bonds is 4. The van der Waals surface area contributed by atoms with E-state index in [1.165, 1.54) is 24.8 Å². The van der Waals surface area contributed by atoms with Crippen LogP contribution in [0.15, 0.2) is 24.3 Å². The third kappa shape index (κ3) is 2.95. The molecule has 1 saturated carbocycles. The molecule has 2 unspecified atom stereocenters. The summed E-state index contributed by atoms with van der Waals surface area (Å²) in [6, 6.07) is 8.50. The van der Waals surface area contributed by atoms with Crippen LogP contribution in [-0.2, 0) is 4.74 Å². The van der Waals surface area contributed by atoms with E-state index in [1.54, 1.807) is 0 Å². The molecule has 3 nitrogen and oxygen atoms in total. The Kier molecular flexibility index (Phi) is 4.51. The zero-order chi connectivity index (χ0) is 14.7. The van der Waals surface area contributed by atoms with Gasteiger partial charge in [-0.1, -0.05) is 37.5 Å². The Hall–Kier alpha value is -1.06. The topological polar surface area (TPSA) is 44.5 Å². The summed E-state index contributed by atoms with van der Waals surface area (Å²) < 4.78 is 11.7. The summed E-state index contributed by atoms with van der Waals surface area (Å²) in [6.07, 6.45) is 8.07. The summed E-state index contributed by atoms with van der Waals surface area (Å²) in [5, 5.41) is 0. The highest BCUT2D eigenvalue weighted by Crippen LogP contribution is 2.40. The van der Waals surface area contributed by atoms with E-state index in [0.29, 0.717) is 5.92 Å². The molecule has 1 fully saturated rings. The number of benzene rings is 1. The molecular formula is C18H27NO2. The number of fused-ring (bicyclic) bond motifs is 1. The second kappa shape index (κ2) is 6.37. The van der Waals surface area contributed by atoms with Gasteiger partial charge in [-0.2, -0.15) is 0 Å². The Morgan fingerprint density at radius 3 is 2.81 bits per heavy atom. The van der Waals surface area contributed by atoms with Crippen molar-refractivity contribution < 1.29 is 9.47 Å². The van der Waals surface area contributed by atoms with Crippen LogP contribution in [-0.4, -0.2) is 25.4 Å². The molecule has 0 saturated heterocycles. The van der Waals surface area contributed by atoms with Gasteiger partial charge in [-0.05, 0) is 43.2 Å². The van der Waals surface area contributed by atoms with Crippen LogP contribution < -0.4 is 10.5 Å². The lowest BCUT2D eigenvalue weighted by Crippen LogP contribution is -2.51. The van der Waals surface area contributed by atoms with Gasteiger partial charge in [0.05, 0.1) is 12.2 Å². The number of para-hydroxylation sites is 1. The summed E-state index contributed by atoms with van der Waals surface area (Å²) in [5.74, 6) is 1.54. The predicted octanol–water partition coefficient (Wildman–Crippen LogP) is 3.62. The van der Waals surface area contributed by atoms with Crippen molar-refractivity contribution in [2.45, 2.75) is 62.5 Å². The lowest BCUT2D eigenvalue weighted by Gasteiger charge is -2.42. The molecule has 0 spiro atoms. The molecule has 1 aromatic carbocycles. The Labute approximate surface area is 127 Å². The highest BCUT2D eigenvalue weighted by Gasteiger charge is 2.39. The van der Waals surface area contributed by atoms with Gasteiger partial charge in [-0.15, -0.1) is 0 Å². The first-order valence-corrected chi connectivity index (χ1v) is 8.28. The van der Waals surface area contributed by atoms with Gasteiger partial charge >= 0.3 is 0 Å². The molecule has 1 aliphatic heterocycles. The van der Waals surface area contributed by atoms with Crippen molar-refractivity contribution in [1.29, 1.82) is 0 Å². The highest BCUT2D eigenvalue weighted by atomic mass is 16.5. The maximum atomic E-state index is 6.62. The predicted molar refractivity (Wildman–Crippen MR) is 84.7 cm³/mol. The fourth-order valence-electron chi connectivity index (χ4n) is 4.06. The van der Waals surface area contributed by atoms with Crippen LogP contribution in [0.2, 0.25) is 0 Å². The van der Waals surface area contributed by atoms with Crippen molar-refractivity contribution in [2.24, 2.45) is 5.73 Å². The molecule has 3 rings (SSSR count). The number of methoxy groups -OCH3 is 1. The fourth-order valence-corrected chi connectivity index (χ4v) is 4.06. The molecule has 3 heteroatoms. The van der Waals surface area contributed by atoms with Crippen molar-refractivity contribution >= 4 is 0 Å². The van der Waals surface area contributed by atoms with Crippen molar-refractivity contribution in [3.63, 3.8) is 0 Å². The summed E-state index contributed by atoms with van der Waals surface area (Å²) >= 11 is 0. The standard InChI is InChI=1S/C18H27NO2/c1-20-18(10-5-2-6-11-18)17(19)13-14-9-12-21-16-8-4-3-7-15(14)16/h3-4,7-8,14,17H,2,5-6,9-13,19H2,1H3. The van der Waals surface area contributed by atoms with Crippen LogP contribution >= 0.6 is 0 Å². The van der Waals surface area contributed by atoms with E-state index >= 15 is 0 Å². The Morgan fingerprint density at radius 1 is 1.29 bits per heavy atom. The SMILES string of the molecule is COC1(C(N)CC2CCOc3ccccc32)CCCCC1. The van der Waals surface area contributed by atoms with Crippen molar-refractivity contribution in [1.82, 2.24) is 0 Å². The quantitative estimate of drug-likeness (QED) is 0.920. The zero-order valence-electron chi connectivity index (χ0n) is 13.0. The van der Waals surface area contributed by atoms with E-state index in [1.807, 2.05) is 13.2 Å². The third-order valence-corrected chi connectivity index (χ3v) is 5.40. The van der Waals surface area contributed by atoms with Gasteiger partial charge in [0.2, 0.25) is 0 Å². The first-order chi connectivity index (χ1) is 10.2. The van der Waals surface area contributed by atoms with Crippen molar-refractivity contribution in [3.8, 4) is 5.75 Å². The molecule has 116 valence electrons. The summed E-state index contributed by atoms with van der Waals surface area (Å²) in [7, 11) is 1.84. The normalized spacial score (nSPS) is 25.7. The number of ether oxygens (including phenoxy) is 2. The maximum absolute atomic E-state index is 6.62. The summed E-state index contributed by atoms with van der Waals surface area (Å²) in [6.45, 7) is 0.800. The lowest BCUT2D eigenvalue weighted by molar-refractivity contribution is -0.0619. The molecule has 1 aromatic rings.